The van der Waals surface area contributed by atoms with E-state index in [1.807, 2.05) is 0 Å². The van der Waals surface area contributed by atoms with E-state index in [0.717, 1.165) is 25.9 Å². The first-order valence-corrected chi connectivity index (χ1v) is 6.18. The number of nitrogens with zero attached hydrogens (tertiary/aromatic N) is 1. The largest absolute Gasteiger partial charge is 0.362 e. The molecule has 2 N–H and O–H groups in total. The predicted octanol–water partition coefficient (Wildman–Crippen LogP) is 2.44. The lowest BCUT2D eigenvalue weighted by atomic mass is 10.1. The fourth-order valence-corrected chi connectivity index (χ4v) is 3.30. The van der Waals surface area contributed by atoms with Crippen LogP contribution < -0.4 is 10.6 Å². The van der Waals surface area contributed by atoms with Crippen LogP contribution in [-0.4, -0.2) is 19.1 Å². The van der Waals surface area contributed by atoms with Gasteiger partial charge in [-0.2, -0.15) is 0 Å². The summed E-state index contributed by atoms with van der Waals surface area (Å²) in [6.07, 6.45) is 2.23. The Bertz CT molecular complexity index is 279. The molecule has 1 aliphatic rings. The van der Waals surface area contributed by atoms with Crippen LogP contribution in [0.5, 0.6) is 0 Å². The Morgan fingerprint density at radius 3 is 2.69 bits per heavy atom. The first-order chi connectivity index (χ1) is 6.27. The van der Waals surface area contributed by atoms with Crippen LogP contribution in [0.25, 0.3) is 0 Å². The fourth-order valence-electron chi connectivity index (χ4n) is 1.61. The second kappa shape index (κ2) is 3.98. The summed E-state index contributed by atoms with van der Waals surface area (Å²) in [4.78, 5) is 2.41. The molecule has 0 aliphatic carbocycles. The molecule has 1 fully saturated rings. The van der Waals surface area contributed by atoms with E-state index in [-0.39, 0.29) is 0 Å². The Morgan fingerprint density at radius 2 is 2.15 bits per heavy atom. The minimum absolute atomic E-state index is 0.412. The number of hydrogen-bond donors (Lipinski definition) is 1. The van der Waals surface area contributed by atoms with Crippen molar-refractivity contribution in [2.45, 2.75) is 18.9 Å². The van der Waals surface area contributed by atoms with Crippen molar-refractivity contribution in [1.29, 1.82) is 0 Å². The summed E-state index contributed by atoms with van der Waals surface area (Å²) in [6.45, 7) is 2.19. The van der Waals surface area contributed by atoms with Crippen molar-refractivity contribution < 1.29 is 0 Å². The van der Waals surface area contributed by atoms with Crippen LogP contribution in [0.15, 0.2) is 15.9 Å². The van der Waals surface area contributed by atoms with E-state index < -0.39 is 0 Å². The molecule has 0 aromatic carbocycles. The number of rotatable bonds is 1. The van der Waals surface area contributed by atoms with Gasteiger partial charge in [-0.05, 0) is 40.2 Å². The van der Waals surface area contributed by atoms with Crippen LogP contribution in [0, 0.1) is 0 Å². The van der Waals surface area contributed by atoms with E-state index in [1.165, 1.54) is 9.47 Å². The molecule has 0 bridgehead atoms. The summed E-state index contributed by atoms with van der Waals surface area (Å²) in [5, 5.41) is 3.47. The SMILES string of the molecule is NC1CCN(c2sccc2Br)CC1. The number of anilines is 1. The molecule has 0 spiro atoms. The highest BCUT2D eigenvalue weighted by atomic mass is 79.9. The van der Waals surface area contributed by atoms with Gasteiger partial charge in [0.15, 0.2) is 0 Å². The minimum Gasteiger partial charge on any atom is -0.362 e. The molecule has 0 amide bonds. The lowest BCUT2D eigenvalue weighted by molar-refractivity contribution is 0.502. The first kappa shape index (κ1) is 9.49. The molecule has 2 rings (SSSR count). The molecular formula is C9H13BrN2S. The van der Waals surface area contributed by atoms with Crippen molar-refractivity contribution in [1.82, 2.24) is 0 Å². The van der Waals surface area contributed by atoms with Crippen molar-refractivity contribution in [2.75, 3.05) is 18.0 Å². The van der Waals surface area contributed by atoms with E-state index >= 15 is 0 Å². The van der Waals surface area contributed by atoms with Crippen molar-refractivity contribution in [3.63, 3.8) is 0 Å². The molecule has 1 aromatic heterocycles. The normalized spacial score (nSPS) is 19.4. The van der Waals surface area contributed by atoms with Crippen molar-refractivity contribution >= 4 is 32.3 Å². The molecule has 1 aliphatic heterocycles. The lowest BCUT2D eigenvalue weighted by Gasteiger charge is -2.31. The zero-order valence-electron chi connectivity index (χ0n) is 7.37. The lowest BCUT2D eigenvalue weighted by Crippen LogP contribution is -2.39. The molecule has 0 radical (unpaired) electrons. The van der Waals surface area contributed by atoms with Crippen LogP contribution in [-0.2, 0) is 0 Å². The maximum atomic E-state index is 5.85. The zero-order chi connectivity index (χ0) is 9.26. The van der Waals surface area contributed by atoms with Gasteiger partial charge >= 0.3 is 0 Å². The van der Waals surface area contributed by atoms with E-state index in [9.17, 15) is 0 Å². The van der Waals surface area contributed by atoms with Gasteiger partial charge in [-0.15, -0.1) is 11.3 Å². The monoisotopic (exact) mass is 260 g/mol. The summed E-state index contributed by atoms with van der Waals surface area (Å²) in [7, 11) is 0. The number of nitrogens with two attached hydrogens (primary N) is 1. The van der Waals surface area contributed by atoms with Crippen molar-refractivity contribution in [3.8, 4) is 0 Å². The third-order valence-corrected chi connectivity index (χ3v) is 4.30. The number of thiophene rings is 1. The van der Waals surface area contributed by atoms with E-state index in [1.54, 1.807) is 11.3 Å². The van der Waals surface area contributed by atoms with Gasteiger partial charge < -0.3 is 10.6 Å². The van der Waals surface area contributed by atoms with Gasteiger partial charge in [0, 0.05) is 19.1 Å². The second-order valence-corrected chi connectivity index (χ2v) is 5.15. The van der Waals surface area contributed by atoms with Crippen LogP contribution in [0.1, 0.15) is 12.8 Å². The maximum absolute atomic E-state index is 5.85. The van der Waals surface area contributed by atoms with Gasteiger partial charge in [0.05, 0.1) is 4.47 Å². The van der Waals surface area contributed by atoms with E-state index in [4.69, 9.17) is 5.73 Å². The highest BCUT2D eigenvalue weighted by Gasteiger charge is 2.18. The Labute approximate surface area is 90.9 Å². The smallest absolute Gasteiger partial charge is 0.105 e. The third kappa shape index (κ3) is 2.06. The highest BCUT2D eigenvalue weighted by molar-refractivity contribution is 9.10. The quantitative estimate of drug-likeness (QED) is 0.841. The predicted molar refractivity (Wildman–Crippen MR) is 61.4 cm³/mol. The molecule has 0 unspecified atom stereocenters. The number of piperidine rings is 1. The summed E-state index contributed by atoms with van der Waals surface area (Å²) in [6, 6.07) is 2.52. The standard InChI is InChI=1S/C9H13BrN2S/c10-8-3-6-13-9(8)12-4-1-7(11)2-5-12/h3,6-7H,1-2,4-5,11H2. The summed E-state index contributed by atoms with van der Waals surface area (Å²) >= 11 is 5.35. The number of hydrogen-bond acceptors (Lipinski definition) is 3. The van der Waals surface area contributed by atoms with Gasteiger partial charge in [0.1, 0.15) is 5.00 Å². The van der Waals surface area contributed by atoms with Crippen LogP contribution in [0.4, 0.5) is 5.00 Å². The molecule has 2 nitrogen and oxygen atoms in total. The van der Waals surface area contributed by atoms with Gasteiger partial charge in [0.2, 0.25) is 0 Å². The Hall–Kier alpha value is -0.0600. The maximum Gasteiger partial charge on any atom is 0.105 e. The Morgan fingerprint density at radius 1 is 1.46 bits per heavy atom. The van der Waals surface area contributed by atoms with Crippen LogP contribution in [0.2, 0.25) is 0 Å². The zero-order valence-corrected chi connectivity index (χ0v) is 9.77. The first-order valence-electron chi connectivity index (χ1n) is 4.51. The second-order valence-electron chi connectivity index (χ2n) is 3.40. The topological polar surface area (TPSA) is 29.3 Å². The minimum atomic E-state index is 0.412. The van der Waals surface area contributed by atoms with Gasteiger partial charge in [0.25, 0.3) is 0 Å². The van der Waals surface area contributed by atoms with Crippen LogP contribution in [0.3, 0.4) is 0 Å². The Kier molecular flexibility index (Phi) is 2.91. The Balaban J connectivity index is 2.06. The summed E-state index contributed by atoms with van der Waals surface area (Å²) in [5.74, 6) is 0. The molecule has 13 heavy (non-hydrogen) atoms. The molecule has 0 saturated carbocycles. The van der Waals surface area contributed by atoms with Crippen molar-refractivity contribution in [2.24, 2.45) is 5.73 Å². The van der Waals surface area contributed by atoms with Gasteiger partial charge in [-0.3, -0.25) is 0 Å². The number of halogens is 1. The average molecular weight is 261 g/mol. The van der Waals surface area contributed by atoms with Gasteiger partial charge in [-0.25, -0.2) is 0 Å². The van der Waals surface area contributed by atoms with E-state index in [2.05, 4.69) is 32.3 Å². The molecule has 72 valence electrons. The molecule has 2 heterocycles. The summed E-state index contributed by atoms with van der Waals surface area (Å²) < 4.78 is 1.22. The van der Waals surface area contributed by atoms with Crippen molar-refractivity contribution in [3.05, 3.63) is 15.9 Å². The molecule has 1 aromatic rings. The average Bonchev–Trinajstić information content (AvgIpc) is 2.53. The summed E-state index contributed by atoms with van der Waals surface area (Å²) in [5.41, 5.74) is 5.85. The molecule has 1 saturated heterocycles. The van der Waals surface area contributed by atoms with Crippen LogP contribution >= 0.6 is 27.3 Å². The molecule has 4 heteroatoms. The van der Waals surface area contributed by atoms with E-state index in [0.29, 0.717) is 6.04 Å². The molecule has 0 atom stereocenters. The fraction of sp³-hybridized carbons (Fsp3) is 0.556. The third-order valence-electron chi connectivity index (χ3n) is 2.43. The highest BCUT2D eigenvalue weighted by Crippen LogP contribution is 2.33. The van der Waals surface area contributed by atoms with Gasteiger partial charge in [-0.1, -0.05) is 0 Å². The molecular weight excluding hydrogens is 248 g/mol.